The highest BCUT2D eigenvalue weighted by molar-refractivity contribution is 5.95. The number of ether oxygens (including phenoxy) is 1. The van der Waals surface area contributed by atoms with Crippen LogP contribution >= 0.6 is 0 Å². The van der Waals surface area contributed by atoms with E-state index in [0.717, 1.165) is 0 Å². The molecule has 8 heteroatoms. The number of anilines is 1. The number of hydrogen-bond donors (Lipinski definition) is 2. The number of nitrogens with zero attached hydrogens (tertiary/aromatic N) is 2. The van der Waals surface area contributed by atoms with Crippen LogP contribution in [0.25, 0.3) is 11.5 Å². The van der Waals surface area contributed by atoms with E-state index in [4.69, 9.17) is 15.0 Å². The van der Waals surface area contributed by atoms with Gasteiger partial charge in [-0.2, -0.15) is 4.98 Å². The Morgan fingerprint density at radius 1 is 1.18 bits per heavy atom. The van der Waals surface area contributed by atoms with Gasteiger partial charge in [-0.15, -0.1) is 0 Å². The normalized spacial score (nSPS) is 10.7. The zero-order valence-corrected chi connectivity index (χ0v) is 15.5. The van der Waals surface area contributed by atoms with Gasteiger partial charge in [-0.05, 0) is 42.5 Å². The fraction of sp³-hybridized carbons (Fsp3) is 0.200. The second kappa shape index (κ2) is 8.34. The molecule has 28 heavy (non-hydrogen) atoms. The molecule has 0 aliphatic heterocycles. The summed E-state index contributed by atoms with van der Waals surface area (Å²) in [6, 6.07) is 13.3. The summed E-state index contributed by atoms with van der Waals surface area (Å²) < 4.78 is 10.8. The Bertz CT molecular complexity index is 980. The van der Waals surface area contributed by atoms with E-state index in [1.54, 1.807) is 30.3 Å². The maximum Gasteiger partial charge on any atom is 0.262 e. The predicted octanol–water partition coefficient (Wildman–Crippen LogP) is 2.98. The molecule has 0 aliphatic carbocycles. The summed E-state index contributed by atoms with van der Waals surface area (Å²) in [5, 5.41) is 6.62. The maximum absolute atomic E-state index is 12.1. The third kappa shape index (κ3) is 4.73. The topological polar surface area (TPSA) is 120 Å². The fourth-order valence-corrected chi connectivity index (χ4v) is 2.37. The van der Waals surface area contributed by atoms with Gasteiger partial charge in [0.05, 0.1) is 0 Å². The van der Waals surface area contributed by atoms with Gasteiger partial charge in [-0.3, -0.25) is 9.59 Å². The molecule has 2 amide bonds. The zero-order valence-electron chi connectivity index (χ0n) is 15.5. The van der Waals surface area contributed by atoms with Gasteiger partial charge in [0.25, 0.3) is 11.8 Å². The molecule has 0 saturated heterocycles. The van der Waals surface area contributed by atoms with Gasteiger partial charge in [0.1, 0.15) is 5.75 Å². The quantitative estimate of drug-likeness (QED) is 0.650. The van der Waals surface area contributed by atoms with Crippen LogP contribution in [0.2, 0.25) is 0 Å². The number of primary amides is 1. The molecule has 0 aliphatic rings. The highest BCUT2D eigenvalue weighted by Gasteiger charge is 2.12. The molecule has 1 heterocycles. The van der Waals surface area contributed by atoms with Gasteiger partial charge >= 0.3 is 0 Å². The maximum atomic E-state index is 12.1. The van der Waals surface area contributed by atoms with Crippen molar-refractivity contribution in [2.75, 3.05) is 11.9 Å². The van der Waals surface area contributed by atoms with Crippen LogP contribution in [0.5, 0.6) is 5.75 Å². The van der Waals surface area contributed by atoms with Crippen LogP contribution in [0.3, 0.4) is 0 Å². The lowest BCUT2D eigenvalue weighted by molar-refractivity contribution is -0.118. The molecular weight excluding hydrogens is 360 g/mol. The summed E-state index contributed by atoms with van der Waals surface area (Å²) in [4.78, 5) is 27.5. The lowest BCUT2D eigenvalue weighted by Gasteiger charge is -2.08. The highest BCUT2D eigenvalue weighted by atomic mass is 16.5. The van der Waals surface area contributed by atoms with Crippen LogP contribution in [-0.2, 0) is 4.79 Å². The van der Waals surface area contributed by atoms with E-state index >= 15 is 0 Å². The fourth-order valence-electron chi connectivity index (χ4n) is 2.37. The second-order valence-corrected chi connectivity index (χ2v) is 6.42. The zero-order chi connectivity index (χ0) is 20.1. The number of amides is 2. The number of nitrogens with two attached hydrogens (primary N) is 1. The third-order valence-corrected chi connectivity index (χ3v) is 3.86. The van der Waals surface area contributed by atoms with Crippen molar-refractivity contribution in [3.8, 4) is 17.2 Å². The Hall–Kier alpha value is -3.68. The lowest BCUT2D eigenvalue weighted by atomic mass is 10.2. The van der Waals surface area contributed by atoms with Crippen molar-refractivity contribution in [2.45, 2.75) is 19.8 Å². The van der Waals surface area contributed by atoms with Gasteiger partial charge < -0.3 is 20.3 Å². The number of nitrogens with one attached hydrogen (secondary N) is 1. The van der Waals surface area contributed by atoms with Gasteiger partial charge in [0.2, 0.25) is 5.91 Å². The molecule has 0 atom stereocenters. The van der Waals surface area contributed by atoms with E-state index in [1.165, 1.54) is 12.1 Å². The van der Waals surface area contributed by atoms with Gasteiger partial charge in [-0.1, -0.05) is 25.1 Å². The summed E-state index contributed by atoms with van der Waals surface area (Å²) >= 11 is 0. The Balaban J connectivity index is 1.59. The Morgan fingerprint density at radius 3 is 2.57 bits per heavy atom. The number of rotatable bonds is 7. The van der Waals surface area contributed by atoms with Gasteiger partial charge in [-0.25, -0.2) is 0 Å². The van der Waals surface area contributed by atoms with E-state index in [1.807, 2.05) is 19.9 Å². The molecule has 0 spiro atoms. The van der Waals surface area contributed by atoms with Crippen molar-refractivity contribution in [2.24, 2.45) is 5.73 Å². The molecule has 8 nitrogen and oxygen atoms in total. The average molecular weight is 380 g/mol. The molecule has 0 fully saturated rings. The number of hydrogen-bond acceptors (Lipinski definition) is 6. The SMILES string of the molecule is CC(C)c1noc(-c2cccc(OCC(=O)Nc3ccc(C(N)=O)cc3)c2)n1. The number of aromatic nitrogens is 2. The molecule has 0 saturated carbocycles. The monoisotopic (exact) mass is 380 g/mol. The lowest BCUT2D eigenvalue weighted by Crippen LogP contribution is -2.20. The molecule has 2 aromatic carbocycles. The number of carbonyl (C=O) groups is 2. The number of carbonyl (C=O) groups excluding carboxylic acids is 2. The second-order valence-electron chi connectivity index (χ2n) is 6.42. The van der Waals surface area contributed by atoms with Crippen molar-refractivity contribution < 1.29 is 18.8 Å². The first-order valence-corrected chi connectivity index (χ1v) is 8.69. The van der Waals surface area contributed by atoms with Crippen molar-refractivity contribution in [3.05, 3.63) is 59.9 Å². The molecule has 144 valence electrons. The largest absolute Gasteiger partial charge is 0.484 e. The van der Waals surface area contributed by atoms with E-state index in [2.05, 4.69) is 15.5 Å². The summed E-state index contributed by atoms with van der Waals surface area (Å²) in [5.41, 5.74) is 6.80. The molecule has 0 bridgehead atoms. The van der Waals surface area contributed by atoms with Crippen LogP contribution in [0.4, 0.5) is 5.69 Å². The van der Waals surface area contributed by atoms with Gasteiger partial charge in [0, 0.05) is 22.7 Å². The third-order valence-electron chi connectivity index (χ3n) is 3.86. The van der Waals surface area contributed by atoms with Crippen molar-refractivity contribution >= 4 is 17.5 Å². The molecule has 3 aromatic rings. The summed E-state index contributed by atoms with van der Waals surface area (Å²) in [7, 11) is 0. The smallest absolute Gasteiger partial charge is 0.262 e. The molecule has 0 unspecified atom stereocenters. The number of benzene rings is 2. The van der Waals surface area contributed by atoms with Crippen LogP contribution < -0.4 is 15.8 Å². The minimum Gasteiger partial charge on any atom is -0.484 e. The highest BCUT2D eigenvalue weighted by Crippen LogP contribution is 2.24. The minimum atomic E-state index is -0.525. The molecule has 3 N–H and O–H groups in total. The van der Waals surface area contributed by atoms with Crippen molar-refractivity contribution in [1.29, 1.82) is 0 Å². The van der Waals surface area contributed by atoms with Crippen LogP contribution in [0.15, 0.2) is 53.1 Å². The first-order valence-electron chi connectivity index (χ1n) is 8.69. The first-order chi connectivity index (χ1) is 13.4. The van der Waals surface area contributed by atoms with Crippen molar-refractivity contribution in [1.82, 2.24) is 10.1 Å². The van der Waals surface area contributed by atoms with Crippen LogP contribution in [0, 0.1) is 0 Å². The Morgan fingerprint density at radius 2 is 1.93 bits per heavy atom. The van der Waals surface area contributed by atoms with Gasteiger partial charge in [0.15, 0.2) is 12.4 Å². The standard InChI is InChI=1S/C20H20N4O4/c1-12(2)19-23-20(28-24-19)14-4-3-5-16(10-14)27-11-17(25)22-15-8-6-13(7-9-15)18(21)26/h3-10,12H,11H2,1-2H3,(H2,21,26)(H,22,25). The molecule has 0 radical (unpaired) electrons. The summed E-state index contributed by atoms with van der Waals surface area (Å²) in [6.45, 7) is 3.78. The van der Waals surface area contributed by atoms with E-state index in [9.17, 15) is 9.59 Å². The Labute approximate surface area is 161 Å². The average Bonchev–Trinajstić information content (AvgIpc) is 3.18. The first kappa shape index (κ1) is 19.1. The van der Waals surface area contributed by atoms with E-state index < -0.39 is 5.91 Å². The summed E-state index contributed by atoms with van der Waals surface area (Å²) in [5.74, 6) is 0.829. The van der Waals surface area contributed by atoms with Crippen molar-refractivity contribution in [3.63, 3.8) is 0 Å². The summed E-state index contributed by atoms with van der Waals surface area (Å²) in [6.07, 6.45) is 0. The Kier molecular flexibility index (Phi) is 5.69. The molecule has 3 rings (SSSR count). The van der Waals surface area contributed by atoms with E-state index in [-0.39, 0.29) is 18.4 Å². The molecule has 1 aromatic heterocycles. The predicted molar refractivity (Wildman–Crippen MR) is 103 cm³/mol. The minimum absolute atomic E-state index is 0.165. The molecular formula is C20H20N4O4. The van der Waals surface area contributed by atoms with Crippen LogP contribution in [-0.4, -0.2) is 28.6 Å². The van der Waals surface area contributed by atoms with E-state index in [0.29, 0.717) is 34.3 Å². The van der Waals surface area contributed by atoms with Crippen LogP contribution in [0.1, 0.15) is 35.9 Å².